The van der Waals surface area contributed by atoms with Gasteiger partial charge in [-0.15, -0.1) is 0 Å². The van der Waals surface area contributed by atoms with E-state index >= 15 is 0 Å². The van der Waals surface area contributed by atoms with E-state index in [9.17, 15) is 9.59 Å². The molecule has 0 aliphatic heterocycles. The fourth-order valence-corrected chi connectivity index (χ4v) is 2.24. The standard InChI is InChI=1S/C16H30O3/c1-15(17)13-11-9-7-5-3-2-4-6-8-10-12-14-16(18)19/h2-14H2,1H3,(H,18,19). The van der Waals surface area contributed by atoms with Crippen molar-refractivity contribution in [3.63, 3.8) is 0 Å². The highest BCUT2D eigenvalue weighted by Gasteiger charge is 1.97. The van der Waals surface area contributed by atoms with Crippen LogP contribution in [0.15, 0.2) is 0 Å². The average Bonchev–Trinajstić information content (AvgIpc) is 2.34. The van der Waals surface area contributed by atoms with E-state index in [1.807, 2.05) is 0 Å². The van der Waals surface area contributed by atoms with Crippen LogP contribution in [-0.4, -0.2) is 16.9 Å². The Morgan fingerprint density at radius 3 is 1.26 bits per heavy atom. The van der Waals surface area contributed by atoms with Crippen molar-refractivity contribution < 1.29 is 14.7 Å². The molecular weight excluding hydrogens is 240 g/mol. The highest BCUT2D eigenvalue weighted by molar-refractivity contribution is 5.75. The van der Waals surface area contributed by atoms with Gasteiger partial charge in [-0.2, -0.15) is 0 Å². The van der Waals surface area contributed by atoms with Crippen molar-refractivity contribution in [2.75, 3.05) is 0 Å². The lowest BCUT2D eigenvalue weighted by molar-refractivity contribution is -0.137. The highest BCUT2D eigenvalue weighted by Crippen LogP contribution is 2.12. The van der Waals surface area contributed by atoms with Gasteiger partial charge < -0.3 is 9.90 Å². The largest absolute Gasteiger partial charge is 0.481 e. The summed E-state index contributed by atoms with van der Waals surface area (Å²) in [6.45, 7) is 1.66. The van der Waals surface area contributed by atoms with E-state index < -0.39 is 5.97 Å². The van der Waals surface area contributed by atoms with Gasteiger partial charge in [0.25, 0.3) is 0 Å². The molecule has 0 bridgehead atoms. The van der Waals surface area contributed by atoms with E-state index in [0.29, 0.717) is 12.2 Å². The van der Waals surface area contributed by atoms with Crippen molar-refractivity contribution in [1.82, 2.24) is 0 Å². The number of ketones is 1. The Kier molecular flexibility index (Phi) is 13.0. The molecule has 112 valence electrons. The quantitative estimate of drug-likeness (QED) is 0.464. The topological polar surface area (TPSA) is 54.4 Å². The number of carbonyl (C=O) groups is 2. The zero-order valence-electron chi connectivity index (χ0n) is 12.5. The smallest absolute Gasteiger partial charge is 0.303 e. The monoisotopic (exact) mass is 270 g/mol. The lowest BCUT2D eigenvalue weighted by Crippen LogP contribution is -1.93. The summed E-state index contributed by atoms with van der Waals surface area (Å²) in [4.78, 5) is 21.0. The third-order valence-electron chi connectivity index (χ3n) is 3.42. The van der Waals surface area contributed by atoms with E-state index in [-0.39, 0.29) is 0 Å². The fourth-order valence-electron chi connectivity index (χ4n) is 2.24. The second kappa shape index (κ2) is 13.6. The summed E-state index contributed by atoms with van der Waals surface area (Å²) in [5.41, 5.74) is 0. The first-order chi connectivity index (χ1) is 9.13. The van der Waals surface area contributed by atoms with Gasteiger partial charge >= 0.3 is 5.97 Å². The van der Waals surface area contributed by atoms with E-state index in [1.54, 1.807) is 6.92 Å². The first kappa shape index (κ1) is 18.1. The van der Waals surface area contributed by atoms with Crippen LogP contribution in [0.5, 0.6) is 0 Å². The maximum Gasteiger partial charge on any atom is 0.303 e. The van der Waals surface area contributed by atoms with Crippen LogP contribution in [0.4, 0.5) is 0 Å². The molecule has 0 saturated heterocycles. The minimum Gasteiger partial charge on any atom is -0.481 e. The van der Waals surface area contributed by atoms with Gasteiger partial charge in [0.05, 0.1) is 0 Å². The molecule has 0 atom stereocenters. The Hall–Kier alpha value is -0.860. The Bertz CT molecular complexity index is 212. The fraction of sp³-hybridized carbons (Fsp3) is 0.875. The average molecular weight is 270 g/mol. The van der Waals surface area contributed by atoms with Gasteiger partial charge in [0.2, 0.25) is 0 Å². The minimum atomic E-state index is -0.676. The van der Waals surface area contributed by atoms with Crippen molar-refractivity contribution in [3.05, 3.63) is 0 Å². The molecule has 19 heavy (non-hydrogen) atoms. The normalized spacial score (nSPS) is 10.6. The molecule has 0 unspecified atom stereocenters. The van der Waals surface area contributed by atoms with E-state index in [2.05, 4.69) is 0 Å². The Balaban J connectivity index is 2.99. The molecule has 3 heteroatoms. The van der Waals surface area contributed by atoms with Gasteiger partial charge in [-0.25, -0.2) is 0 Å². The second-order valence-electron chi connectivity index (χ2n) is 5.48. The number of carboxylic acid groups (broad SMARTS) is 1. The number of Topliss-reactive ketones (excluding diaryl/α,β-unsaturated/α-hetero) is 1. The number of aliphatic carboxylic acids is 1. The number of carboxylic acids is 1. The second-order valence-corrected chi connectivity index (χ2v) is 5.48. The summed E-state index contributed by atoms with van der Waals surface area (Å²) in [5, 5.41) is 8.49. The third-order valence-corrected chi connectivity index (χ3v) is 3.42. The predicted molar refractivity (Wildman–Crippen MR) is 78.3 cm³/mol. The van der Waals surface area contributed by atoms with E-state index in [1.165, 1.54) is 51.4 Å². The summed E-state index contributed by atoms with van der Waals surface area (Å²) in [5.74, 6) is -0.368. The van der Waals surface area contributed by atoms with Gasteiger partial charge in [-0.05, 0) is 19.8 Å². The van der Waals surface area contributed by atoms with Gasteiger partial charge in [0.1, 0.15) is 5.78 Å². The van der Waals surface area contributed by atoms with Gasteiger partial charge in [0.15, 0.2) is 0 Å². The Labute approximate surface area is 117 Å². The van der Waals surface area contributed by atoms with Crippen LogP contribution >= 0.6 is 0 Å². The zero-order chi connectivity index (χ0) is 14.3. The van der Waals surface area contributed by atoms with Crippen LogP contribution in [0, 0.1) is 0 Å². The number of unbranched alkanes of at least 4 members (excludes halogenated alkanes) is 10. The molecule has 0 aliphatic carbocycles. The summed E-state index contributed by atoms with van der Waals surface area (Å²) in [6.07, 6.45) is 14.0. The molecule has 0 saturated carbocycles. The minimum absolute atomic E-state index is 0.308. The lowest BCUT2D eigenvalue weighted by Gasteiger charge is -2.02. The van der Waals surface area contributed by atoms with Crippen molar-refractivity contribution in [3.8, 4) is 0 Å². The maximum absolute atomic E-state index is 10.7. The van der Waals surface area contributed by atoms with Crippen molar-refractivity contribution in [2.24, 2.45) is 0 Å². The first-order valence-corrected chi connectivity index (χ1v) is 7.84. The number of carbonyl (C=O) groups excluding carboxylic acids is 1. The molecule has 0 heterocycles. The molecule has 0 aromatic rings. The van der Waals surface area contributed by atoms with Crippen LogP contribution in [0.2, 0.25) is 0 Å². The molecular formula is C16H30O3. The Morgan fingerprint density at radius 1 is 0.632 bits per heavy atom. The number of hydrogen-bond donors (Lipinski definition) is 1. The Morgan fingerprint density at radius 2 is 0.947 bits per heavy atom. The van der Waals surface area contributed by atoms with Gasteiger partial charge in [0, 0.05) is 12.8 Å². The number of rotatable bonds is 14. The van der Waals surface area contributed by atoms with E-state index in [4.69, 9.17) is 5.11 Å². The summed E-state index contributed by atoms with van der Waals surface area (Å²) < 4.78 is 0. The summed E-state index contributed by atoms with van der Waals surface area (Å²) in [7, 11) is 0. The highest BCUT2D eigenvalue weighted by atomic mass is 16.4. The van der Waals surface area contributed by atoms with E-state index in [0.717, 1.165) is 25.7 Å². The molecule has 3 nitrogen and oxygen atoms in total. The summed E-state index contributed by atoms with van der Waals surface area (Å²) in [6, 6.07) is 0. The van der Waals surface area contributed by atoms with Crippen LogP contribution < -0.4 is 0 Å². The molecule has 1 N–H and O–H groups in total. The van der Waals surface area contributed by atoms with Gasteiger partial charge in [-0.1, -0.05) is 57.8 Å². The molecule has 0 spiro atoms. The molecule has 0 aromatic heterocycles. The molecule has 0 aromatic carbocycles. The SMILES string of the molecule is CC(=O)CCCCCCCCCCCCCC(=O)O. The van der Waals surface area contributed by atoms with Crippen molar-refractivity contribution in [1.29, 1.82) is 0 Å². The third kappa shape index (κ3) is 17.1. The maximum atomic E-state index is 10.7. The molecule has 0 aliphatic rings. The van der Waals surface area contributed by atoms with Crippen LogP contribution in [-0.2, 0) is 9.59 Å². The molecule has 0 fully saturated rings. The van der Waals surface area contributed by atoms with Crippen molar-refractivity contribution in [2.45, 2.75) is 90.4 Å². The summed E-state index contributed by atoms with van der Waals surface area (Å²) >= 11 is 0. The lowest BCUT2D eigenvalue weighted by atomic mass is 10.0. The van der Waals surface area contributed by atoms with Crippen LogP contribution in [0.25, 0.3) is 0 Å². The molecule has 0 amide bonds. The van der Waals surface area contributed by atoms with Gasteiger partial charge in [-0.3, -0.25) is 4.79 Å². The van der Waals surface area contributed by atoms with Crippen LogP contribution in [0.1, 0.15) is 90.4 Å². The molecule has 0 radical (unpaired) electrons. The van der Waals surface area contributed by atoms with Crippen molar-refractivity contribution >= 4 is 11.8 Å². The number of hydrogen-bond acceptors (Lipinski definition) is 2. The van der Waals surface area contributed by atoms with Crippen LogP contribution in [0.3, 0.4) is 0 Å². The predicted octanol–water partition coefficient (Wildman–Crippen LogP) is 4.73. The molecule has 0 rings (SSSR count). The zero-order valence-corrected chi connectivity index (χ0v) is 12.5. The first-order valence-electron chi connectivity index (χ1n) is 7.84.